The second kappa shape index (κ2) is 13.9. The van der Waals surface area contributed by atoms with Gasteiger partial charge in [-0.3, -0.25) is 13.9 Å². The zero-order valence-corrected chi connectivity index (χ0v) is 27.8. The minimum atomic E-state index is -4.28. The van der Waals surface area contributed by atoms with Crippen LogP contribution in [0.15, 0.2) is 65.6 Å². The van der Waals surface area contributed by atoms with E-state index in [-0.39, 0.29) is 39.5 Å². The summed E-state index contributed by atoms with van der Waals surface area (Å²) in [5.41, 5.74) is 0.924. The zero-order valence-electron chi connectivity index (χ0n) is 23.9. The summed E-state index contributed by atoms with van der Waals surface area (Å²) in [6.07, 6.45) is 0.257. The first-order chi connectivity index (χ1) is 19.5. The van der Waals surface area contributed by atoms with Crippen molar-refractivity contribution in [2.24, 2.45) is 0 Å². The van der Waals surface area contributed by atoms with Gasteiger partial charge in [0.2, 0.25) is 11.8 Å². The smallest absolute Gasteiger partial charge is 0.264 e. The molecule has 0 bridgehead atoms. The Morgan fingerprint density at radius 3 is 2.00 bits per heavy atom. The maximum Gasteiger partial charge on any atom is 0.264 e. The fraction of sp³-hybridized carbons (Fsp3) is 0.333. The first-order valence-corrected chi connectivity index (χ1v) is 16.1. The topological polar surface area (TPSA) is 86.8 Å². The molecule has 226 valence electrons. The number of benzene rings is 3. The third kappa shape index (κ3) is 8.77. The van der Waals surface area contributed by atoms with E-state index in [4.69, 9.17) is 46.4 Å². The summed E-state index contributed by atoms with van der Waals surface area (Å²) in [6.45, 7) is 8.39. The highest BCUT2D eigenvalue weighted by Crippen LogP contribution is 2.31. The van der Waals surface area contributed by atoms with Gasteiger partial charge in [-0.1, -0.05) is 77.1 Å². The Kier molecular flexibility index (Phi) is 11.2. The lowest BCUT2D eigenvalue weighted by molar-refractivity contribution is -0.141. The monoisotopic (exact) mass is 671 g/mol. The average Bonchev–Trinajstić information content (AvgIpc) is 2.86. The van der Waals surface area contributed by atoms with Crippen molar-refractivity contribution in [1.29, 1.82) is 0 Å². The Morgan fingerprint density at radius 1 is 0.881 bits per heavy atom. The van der Waals surface area contributed by atoms with E-state index in [0.29, 0.717) is 15.6 Å². The van der Waals surface area contributed by atoms with Crippen LogP contribution in [-0.2, 0) is 26.2 Å². The molecule has 0 aliphatic rings. The normalized spacial score (nSPS) is 12.5. The highest BCUT2D eigenvalue weighted by molar-refractivity contribution is 7.92. The van der Waals surface area contributed by atoms with E-state index in [1.807, 2.05) is 27.7 Å². The average molecular weight is 673 g/mol. The van der Waals surface area contributed by atoms with Crippen molar-refractivity contribution in [3.8, 4) is 0 Å². The van der Waals surface area contributed by atoms with Crippen molar-refractivity contribution in [2.75, 3.05) is 10.8 Å². The molecule has 12 heteroatoms. The van der Waals surface area contributed by atoms with Gasteiger partial charge in [-0.25, -0.2) is 8.42 Å². The van der Waals surface area contributed by atoms with E-state index < -0.39 is 34.1 Å². The fourth-order valence-corrected chi connectivity index (χ4v) is 6.64. The molecule has 0 saturated heterocycles. The maximum absolute atomic E-state index is 14.2. The third-order valence-corrected chi connectivity index (χ3v) is 9.07. The lowest BCUT2D eigenvalue weighted by Gasteiger charge is -2.35. The van der Waals surface area contributed by atoms with E-state index in [1.165, 1.54) is 35.2 Å². The van der Waals surface area contributed by atoms with Gasteiger partial charge in [0.25, 0.3) is 10.0 Å². The molecule has 0 saturated carbocycles. The number of rotatable bonds is 10. The molecule has 0 aromatic heterocycles. The number of amides is 2. The van der Waals surface area contributed by atoms with Crippen LogP contribution in [0.3, 0.4) is 0 Å². The Morgan fingerprint density at radius 2 is 1.48 bits per heavy atom. The largest absolute Gasteiger partial charge is 0.350 e. The summed E-state index contributed by atoms with van der Waals surface area (Å²) < 4.78 is 28.9. The predicted octanol–water partition coefficient (Wildman–Crippen LogP) is 7.53. The summed E-state index contributed by atoms with van der Waals surface area (Å²) in [7, 11) is -4.28. The number of halogens is 4. The highest BCUT2D eigenvalue weighted by Gasteiger charge is 2.35. The summed E-state index contributed by atoms with van der Waals surface area (Å²) in [5.74, 6) is -1.02. The molecule has 3 aromatic carbocycles. The number of nitrogens with zero attached hydrogens (tertiary/aromatic N) is 2. The summed E-state index contributed by atoms with van der Waals surface area (Å²) in [5, 5.41) is 4.01. The zero-order chi connectivity index (χ0) is 31.4. The molecule has 0 radical (unpaired) electrons. The minimum Gasteiger partial charge on any atom is -0.350 e. The third-order valence-electron chi connectivity index (χ3n) is 6.26. The SMILES string of the molecule is CCC(C(=O)NC(C)(C)C)N(Cc1ccc(Cl)cc1Cl)C(=O)CN(c1cc(Cl)cc(Cl)c1)S(=O)(=O)c1ccc(C)cc1. The lowest BCUT2D eigenvalue weighted by atomic mass is 10.1. The quantitative estimate of drug-likeness (QED) is 0.241. The molecule has 0 aliphatic heterocycles. The molecule has 0 heterocycles. The lowest BCUT2D eigenvalue weighted by Crippen LogP contribution is -2.55. The number of aryl methyl sites for hydroxylation is 1. The molecule has 2 amide bonds. The van der Waals surface area contributed by atoms with Crippen molar-refractivity contribution in [2.45, 2.75) is 64.1 Å². The van der Waals surface area contributed by atoms with Crippen LogP contribution in [0, 0.1) is 6.92 Å². The van der Waals surface area contributed by atoms with Crippen molar-refractivity contribution in [3.05, 3.63) is 91.9 Å². The number of sulfonamides is 1. The summed E-state index contributed by atoms with van der Waals surface area (Å²) in [6, 6.07) is 14.4. The molecule has 7 nitrogen and oxygen atoms in total. The molecule has 0 spiro atoms. The van der Waals surface area contributed by atoms with Gasteiger partial charge >= 0.3 is 0 Å². The van der Waals surface area contributed by atoms with Crippen molar-refractivity contribution >= 4 is 73.9 Å². The van der Waals surface area contributed by atoms with Gasteiger partial charge in [-0.05, 0) is 82.1 Å². The molecular weight excluding hydrogens is 640 g/mol. The number of hydrogen-bond acceptors (Lipinski definition) is 4. The van der Waals surface area contributed by atoms with Crippen LogP contribution in [0.2, 0.25) is 20.1 Å². The van der Waals surface area contributed by atoms with Crippen LogP contribution < -0.4 is 9.62 Å². The molecule has 42 heavy (non-hydrogen) atoms. The van der Waals surface area contributed by atoms with Crippen LogP contribution in [-0.4, -0.2) is 43.3 Å². The number of carbonyl (C=O) groups excluding carboxylic acids is 2. The Hall–Kier alpha value is -2.49. The molecule has 1 unspecified atom stereocenters. The Labute approximate surface area is 267 Å². The standard InChI is InChI=1S/C30H33Cl4N3O4S/c1-6-27(29(39)35-30(3,4)5)36(17-20-9-10-21(31)16-26(20)34)28(38)18-37(24-14-22(32)13-23(33)15-24)42(40,41)25-11-7-19(2)8-12-25/h7-16,27H,6,17-18H2,1-5H3,(H,35,39). The number of anilines is 1. The molecule has 1 N–H and O–H groups in total. The number of carbonyl (C=O) groups is 2. The minimum absolute atomic E-state index is 0.0261. The van der Waals surface area contributed by atoms with E-state index in [9.17, 15) is 18.0 Å². The summed E-state index contributed by atoms with van der Waals surface area (Å²) >= 11 is 25.0. The van der Waals surface area contributed by atoms with Gasteiger partial charge in [0, 0.05) is 32.2 Å². The van der Waals surface area contributed by atoms with E-state index in [0.717, 1.165) is 9.87 Å². The van der Waals surface area contributed by atoms with Crippen LogP contribution >= 0.6 is 46.4 Å². The van der Waals surface area contributed by atoms with Crippen molar-refractivity contribution in [3.63, 3.8) is 0 Å². The van der Waals surface area contributed by atoms with Gasteiger partial charge in [0.05, 0.1) is 10.6 Å². The van der Waals surface area contributed by atoms with Gasteiger partial charge in [-0.15, -0.1) is 0 Å². The van der Waals surface area contributed by atoms with Gasteiger partial charge < -0.3 is 10.2 Å². The molecule has 3 rings (SSSR count). The fourth-order valence-electron chi connectivity index (χ4n) is 4.26. The van der Waals surface area contributed by atoms with E-state index in [1.54, 1.807) is 37.3 Å². The number of nitrogens with one attached hydrogen (secondary N) is 1. The number of hydrogen-bond donors (Lipinski definition) is 1. The summed E-state index contributed by atoms with van der Waals surface area (Å²) in [4.78, 5) is 28.9. The second-order valence-electron chi connectivity index (χ2n) is 10.9. The van der Waals surface area contributed by atoms with E-state index >= 15 is 0 Å². The van der Waals surface area contributed by atoms with Crippen LogP contribution in [0.1, 0.15) is 45.2 Å². The Bertz CT molecular complexity index is 1540. The van der Waals surface area contributed by atoms with E-state index in [2.05, 4.69) is 5.32 Å². The first kappa shape index (κ1) is 34.0. The Balaban J connectivity index is 2.13. The molecular formula is C30H33Cl4N3O4S. The van der Waals surface area contributed by atoms with Gasteiger partial charge in [0.1, 0.15) is 12.6 Å². The first-order valence-electron chi connectivity index (χ1n) is 13.1. The molecule has 0 aliphatic carbocycles. The van der Waals surface area contributed by atoms with Crippen LogP contribution in [0.4, 0.5) is 5.69 Å². The van der Waals surface area contributed by atoms with Crippen LogP contribution in [0.25, 0.3) is 0 Å². The van der Waals surface area contributed by atoms with Crippen molar-refractivity contribution < 1.29 is 18.0 Å². The van der Waals surface area contributed by atoms with Crippen LogP contribution in [0.5, 0.6) is 0 Å². The second-order valence-corrected chi connectivity index (χ2v) is 14.5. The molecule has 0 fully saturated rings. The van der Waals surface area contributed by atoms with Crippen molar-refractivity contribution in [1.82, 2.24) is 10.2 Å². The van der Waals surface area contributed by atoms with Gasteiger partial charge in [0.15, 0.2) is 0 Å². The van der Waals surface area contributed by atoms with Gasteiger partial charge in [-0.2, -0.15) is 0 Å². The maximum atomic E-state index is 14.2. The molecule has 1 atom stereocenters. The predicted molar refractivity (Wildman–Crippen MR) is 171 cm³/mol. The molecule has 3 aromatic rings. The highest BCUT2D eigenvalue weighted by atomic mass is 35.5.